The number of halogens is 1. The van der Waals surface area contributed by atoms with Crippen molar-refractivity contribution in [2.75, 3.05) is 47.6 Å². The first kappa shape index (κ1) is 27.6. The van der Waals surface area contributed by atoms with E-state index in [2.05, 4.69) is 24.5 Å². The molecule has 1 aliphatic carbocycles. The number of benzene rings is 1. The summed E-state index contributed by atoms with van der Waals surface area (Å²) in [5.41, 5.74) is 1.30. The monoisotopic (exact) mass is 549 g/mol. The SMILES string of the molecule is CCNC(=NCc1cc(OC)c(OC)c(OC)c1)NCC1(CCOCC)CCCC1.I. The van der Waals surface area contributed by atoms with Gasteiger partial charge in [0.25, 0.3) is 0 Å². The van der Waals surface area contributed by atoms with Crippen molar-refractivity contribution in [1.82, 2.24) is 10.6 Å². The molecule has 8 heteroatoms. The van der Waals surface area contributed by atoms with Crippen molar-refractivity contribution < 1.29 is 18.9 Å². The molecule has 178 valence electrons. The molecule has 7 nitrogen and oxygen atoms in total. The van der Waals surface area contributed by atoms with Gasteiger partial charge in [-0.2, -0.15) is 0 Å². The predicted molar refractivity (Wildman–Crippen MR) is 136 cm³/mol. The molecule has 0 heterocycles. The summed E-state index contributed by atoms with van der Waals surface area (Å²) in [6.45, 7) is 7.99. The number of rotatable bonds is 12. The quantitative estimate of drug-likeness (QED) is 0.175. The Kier molecular flexibility index (Phi) is 13.0. The van der Waals surface area contributed by atoms with Crippen molar-refractivity contribution in [3.63, 3.8) is 0 Å². The number of methoxy groups -OCH3 is 3. The fourth-order valence-electron chi connectivity index (χ4n) is 4.08. The van der Waals surface area contributed by atoms with Crippen LogP contribution in [0.15, 0.2) is 17.1 Å². The van der Waals surface area contributed by atoms with Gasteiger partial charge in [0.05, 0.1) is 27.9 Å². The first-order valence-corrected chi connectivity index (χ1v) is 11.0. The van der Waals surface area contributed by atoms with Crippen LogP contribution in [0.1, 0.15) is 51.5 Å². The van der Waals surface area contributed by atoms with E-state index in [1.54, 1.807) is 21.3 Å². The number of hydrogen-bond acceptors (Lipinski definition) is 5. The van der Waals surface area contributed by atoms with Crippen molar-refractivity contribution in [2.45, 2.75) is 52.5 Å². The van der Waals surface area contributed by atoms with Gasteiger partial charge in [-0.25, -0.2) is 4.99 Å². The third-order valence-corrected chi connectivity index (χ3v) is 5.76. The van der Waals surface area contributed by atoms with E-state index in [1.807, 2.05) is 12.1 Å². The van der Waals surface area contributed by atoms with Crippen LogP contribution in [0.25, 0.3) is 0 Å². The van der Waals surface area contributed by atoms with E-state index in [9.17, 15) is 0 Å². The molecule has 31 heavy (non-hydrogen) atoms. The second-order valence-corrected chi connectivity index (χ2v) is 7.74. The molecule has 2 rings (SSSR count). The largest absolute Gasteiger partial charge is 0.493 e. The van der Waals surface area contributed by atoms with Crippen LogP contribution < -0.4 is 24.8 Å². The highest BCUT2D eigenvalue weighted by molar-refractivity contribution is 14.0. The second-order valence-electron chi connectivity index (χ2n) is 7.74. The summed E-state index contributed by atoms with van der Waals surface area (Å²) in [7, 11) is 4.86. The highest BCUT2D eigenvalue weighted by Crippen LogP contribution is 2.40. The average Bonchev–Trinajstić information content (AvgIpc) is 3.24. The Labute approximate surface area is 204 Å². The number of ether oxygens (including phenoxy) is 4. The van der Waals surface area contributed by atoms with Crippen molar-refractivity contribution in [1.29, 1.82) is 0 Å². The zero-order chi connectivity index (χ0) is 21.8. The third-order valence-electron chi connectivity index (χ3n) is 5.76. The summed E-state index contributed by atoms with van der Waals surface area (Å²) in [6, 6.07) is 3.88. The van der Waals surface area contributed by atoms with Gasteiger partial charge in [-0.15, -0.1) is 24.0 Å². The van der Waals surface area contributed by atoms with E-state index in [0.29, 0.717) is 29.2 Å². The van der Waals surface area contributed by atoms with E-state index in [0.717, 1.165) is 44.2 Å². The molecule has 0 saturated heterocycles. The maximum Gasteiger partial charge on any atom is 0.203 e. The van der Waals surface area contributed by atoms with Crippen molar-refractivity contribution >= 4 is 29.9 Å². The van der Waals surface area contributed by atoms with Crippen LogP contribution in [0, 0.1) is 5.41 Å². The minimum Gasteiger partial charge on any atom is -0.493 e. The Morgan fingerprint density at radius 2 is 1.65 bits per heavy atom. The lowest BCUT2D eigenvalue weighted by atomic mass is 9.83. The Balaban J connectivity index is 0.00000480. The summed E-state index contributed by atoms with van der Waals surface area (Å²) in [6.07, 6.45) is 6.19. The van der Waals surface area contributed by atoms with Gasteiger partial charge in [-0.3, -0.25) is 0 Å². The zero-order valence-electron chi connectivity index (χ0n) is 19.7. The summed E-state index contributed by atoms with van der Waals surface area (Å²) in [4.78, 5) is 4.79. The minimum absolute atomic E-state index is 0. The number of hydrogen-bond donors (Lipinski definition) is 2. The van der Waals surface area contributed by atoms with Gasteiger partial charge in [0.15, 0.2) is 17.5 Å². The molecule has 0 aromatic heterocycles. The van der Waals surface area contributed by atoms with Crippen LogP contribution in [0.5, 0.6) is 17.2 Å². The van der Waals surface area contributed by atoms with Gasteiger partial charge in [0.1, 0.15) is 0 Å². The lowest BCUT2D eigenvalue weighted by Crippen LogP contribution is -2.43. The molecule has 1 aromatic carbocycles. The molecule has 0 aliphatic heterocycles. The minimum atomic E-state index is 0. The molecule has 0 amide bonds. The number of aliphatic imine (C=N–C) groups is 1. The van der Waals surface area contributed by atoms with Crippen LogP contribution in [-0.4, -0.2) is 53.6 Å². The molecule has 0 unspecified atom stereocenters. The van der Waals surface area contributed by atoms with Crippen LogP contribution in [0.3, 0.4) is 0 Å². The van der Waals surface area contributed by atoms with E-state index < -0.39 is 0 Å². The Hall–Kier alpha value is -1.42. The first-order chi connectivity index (χ1) is 14.6. The Bertz CT molecular complexity index is 654. The van der Waals surface area contributed by atoms with E-state index in [1.165, 1.54) is 25.7 Å². The summed E-state index contributed by atoms with van der Waals surface area (Å²) in [5.74, 6) is 2.70. The van der Waals surface area contributed by atoms with Crippen molar-refractivity contribution in [2.24, 2.45) is 10.4 Å². The maximum absolute atomic E-state index is 5.64. The molecular formula is C23H40IN3O4. The van der Waals surface area contributed by atoms with Crippen molar-refractivity contribution in [3.05, 3.63) is 17.7 Å². The van der Waals surface area contributed by atoms with Gasteiger partial charge in [-0.1, -0.05) is 12.8 Å². The van der Waals surface area contributed by atoms with E-state index in [4.69, 9.17) is 23.9 Å². The molecule has 0 bridgehead atoms. The van der Waals surface area contributed by atoms with Crippen LogP contribution in [0.2, 0.25) is 0 Å². The molecule has 1 aliphatic rings. The molecular weight excluding hydrogens is 509 g/mol. The Morgan fingerprint density at radius 1 is 1.00 bits per heavy atom. The van der Waals surface area contributed by atoms with Gasteiger partial charge < -0.3 is 29.6 Å². The molecule has 1 saturated carbocycles. The average molecular weight is 549 g/mol. The summed E-state index contributed by atoms with van der Waals surface area (Å²) in [5, 5.41) is 6.94. The van der Waals surface area contributed by atoms with Crippen LogP contribution >= 0.6 is 24.0 Å². The van der Waals surface area contributed by atoms with E-state index >= 15 is 0 Å². The maximum atomic E-state index is 5.64. The number of nitrogens with zero attached hydrogens (tertiary/aromatic N) is 1. The topological polar surface area (TPSA) is 73.3 Å². The van der Waals surface area contributed by atoms with Gasteiger partial charge in [-0.05, 0) is 56.2 Å². The normalized spacial score (nSPS) is 15.2. The zero-order valence-corrected chi connectivity index (χ0v) is 22.0. The van der Waals surface area contributed by atoms with Gasteiger partial charge >= 0.3 is 0 Å². The molecule has 1 aromatic rings. The molecule has 0 atom stereocenters. The molecule has 0 spiro atoms. The molecule has 0 radical (unpaired) electrons. The fourth-order valence-corrected chi connectivity index (χ4v) is 4.08. The Morgan fingerprint density at radius 3 is 2.16 bits per heavy atom. The lowest BCUT2D eigenvalue weighted by Gasteiger charge is -2.30. The van der Waals surface area contributed by atoms with Crippen molar-refractivity contribution in [3.8, 4) is 17.2 Å². The summed E-state index contributed by atoms with van der Waals surface area (Å²) >= 11 is 0. The van der Waals surface area contributed by atoms with Gasteiger partial charge in [0.2, 0.25) is 5.75 Å². The van der Waals surface area contributed by atoms with Crippen LogP contribution in [-0.2, 0) is 11.3 Å². The summed E-state index contributed by atoms with van der Waals surface area (Å²) < 4.78 is 21.9. The van der Waals surface area contributed by atoms with Gasteiger partial charge in [0, 0.05) is 26.3 Å². The second kappa shape index (κ2) is 14.6. The molecule has 1 fully saturated rings. The number of nitrogens with one attached hydrogen (secondary N) is 2. The highest BCUT2D eigenvalue weighted by Gasteiger charge is 2.33. The lowest BCUT2D eigenvalue weighted by molar-refractivity contribution is 0.105. The van der Waals surface area contributed by atoms with E-state index in [-0.39, 0.29) is 24.0 Å². The first-order valence-electron chi connectivity index (χ1n) is 11.0. The number of guanidine groups is 1. The highest BCUT2D eigenvalue weighted by atomic mass is 127. The molecule has 2 N–H and O–H groups in total. The fraction of sp³-hybridized carbons (Fsp3) is 0.696. The predicted octanol–water partition coefficient (Wildman–Crippen LogP) is 4.37. The van der Waals surface area contributed by atoms with Crippen LogP contribution in [0.4, 0.5) is 0 Å². The third kappa shape index (κ3) is 8.21. The standard InChI is InChI=1S/C23H39N3O4.HI/c1-6-24-22(26-17-23(10-8-9-11-23)12-13-30-7-2)25-16-18-14-19(27-3)21(29-5)20(15-18)28-4;/h14-15H,6-13,16-17H2,1-5H3,(H2,24,25,26);1H. The smallest absolute Gasteiger partial charge is 0.203 e.